The van der Waals surface area contributed by atoms with E-state index in [4.69, 9.17) is 0 Å². The number of para-hydroxylation sites is 2. The van der Waals surface area contributed by atoms with Crippen molar-refractivity contribution in [1.29, 1.82) is 0 Å². The minimum absolute atomic E-state index is 0.0778. The van der Waals surface area contributed by atoms with Crippen LogP contribution in [0.1, 0.15) is 53.1 Å². The van der Waals surface area contributed by atoms with Gasteiger partial charge >= 0.3 is 0 Å². The molecule has 0 saturated carbocycles. The molecule has 2 heterocycles. The summed E-state index contributed by atoms with van der Waals surface area (Å²) in [6, 6.07) is 37.8. The highest BCUT2D eigenvalue weighted by Crippen LogP contribution is 2.38. The van der Waals surface area contributed by atoms with Crippen LogP contribution in [0.25, 0.3) is 0 Å². The van der Waals surface area contributed by atoms with Crippen LogP contribution in [0.5, 0.6) is 0 Å². The molecule has 0 N–H and O–H groups in total. The van der Waals surface area contributed by atoms with Gasteiger partial charge in [0.15, 0.2) is 12.1 Å². The average Bonchev–Trinajstić information content (AvgIpc) is 3.61. The average molecular weight is 687 g/mol. The van der Waals surface area contributed by atoms with Crippen molar-refractivity contribution in [2.75, 3.05) is 10.0 Å². The predicted octanol–water partition coefficient (Wildman–Crippen LogP) is 9.54. The van der Waals surface area contributed by atoms with Crippen molar-refractivity contribution in [2.45, 2.75) is 52.6 Å². The van der Waals surface area contributed by atoms with Gasteiger partial charge in [0.25, 0.3) is 11.8 Å². The number of azo groups is 2. The second kappa shape index (κ2) is 14.4. The summed E-state index contributed by atoms with van der Waals surface area (Å²) in [5, 5.41) is 29.7. The third kappa shape index (κ3) is 6.70. The van der Waals surface area contributed by atoms with Gasteiger partial charge in [-0.3, -0.25) is 9.59 Å². The quantitative estimate of drug-likeness (QED) is 0.114. The molecule has 0 spiro atoms. The summed E-state index contributed by atoms with van der Waals surface area (Å²) in [5.41, 5.74) is 10.2. The van der Waals surface area contributed by atoms with Gasteiger partial charge in [0.05, 0.1) is 34.2 Å². The van der Waals surface area contributed by atoms with Crippen LogP contribution < -0.4 is 10.0 Å². The number of benzene rings is 5. The number of rotatable bonds is 9. The van der Waals surface area contributed by atoms with E-state index in [2.05, 4.69) is 67.9 Å². The van der Waals surface area contributed by atoms with Crippen molar-refractivity contribution < 1.29 is 9.59 Å². The Kier molecular flexibility index (Phi) is 9.45. The number of carbonyl (C=O) groups excluding carboxylic acids is 2. The maximum atomic E-state index is 13.2. The first kappa shape index (κ1) is 34.0. The highest BCUT2D eigenvalue weighted by Gasteiger charge is 2.36. The molecule has 10 heteroatoms. The second-order valence-electron chi connectivity index (χ2n) is 13.1. The molecule has 0 radical (unpaired) electrons. The van der Waals surface area contributed by atoms with Gasteiger partial charge in [-0.15, -0.1) is 0 Å². The van der Waals surface area contributed by atoms with Gasteiger partial charge in [-0.05, 0) is 104 Å². The molecule has 0 unspecified atom stereocenters. The van der Waals surface area contributed by atoms with Gasteiger partial charge in [0.1, 0.15) is 0 Å². The van der Waals surface area contributed by atoms with E-state index in [0.29, 0.717) is 34.2 Å². The smallest absolute Gasteiger partial charge is 0.269 e. The number of anilines is 2. The van der Waals surface area contributed by atoms with E-state index in [1.165, 1.54) is 10.0 Å². The molecule has 3 atom stereocenters. The molecule has 5 aromatic carbocycles. The Labute approximate surface area is 302 Å². The SMILES string of the molecule is CC1=NN(c2ccccc2)C(=O)[C@H]1N=Nc1ccc([C@H](c2ccccc2)c2cc(C)c(N=N[C@@H]3C(=O)N(c4ccccc4)N=C3C)cc2C)cc1C. The monoisotopic (exact) mass is 686 g/mol. The molecule has 5 aromatic rings. The molecule has 0 aromatic heterocycles. The molecule has 0 aliphatic carbocycles. The lowest BCUT2D eigenvalue weighted by atomic mass is 9.81. The number of hydrogen-bond acceptors (Lipinski definition) is 8. The van der Waals surface area contributed by atoms with Gasteiger partial charge in [0.2, 0.25) is 0 Å². The van der Waals surface area contributed by atoms with Crippen LogP contribution >= 0.6 is 0 Å². The largest absolute Gasteiger partial charge is 0.280 e. The van der Waals surface area contributed by atoms with Crippen LogP contribution in [0.4, 0.5) is 22.7 Å². The van der Waals surface area contributed by atoms with E-state index in [1.54, 1.807) is 13.8 Å². The third-order valence-electron chi connectivity index (χ3n) is 9.34. The third-order valence-corrected chi connectivity index (χ3v) is 9.34. The minimum Gasteiger partial charge on any atom is -0.269 e. The van der Waals surface area contributed by atoms with E-state index in [-0.39, 0.29) is 17.7 Å². The Morgan fingerprint density at radius 1 is 0.519 bits per heavy atom. The van der Waals surface area contributed by atoms with Crippen LogP contribution in [0.3, 0.4) is 0 Å². The lowest BCUT2D eigenvalue weighted by Gasteiger charge is -2.23. The van der Waals surface area contributed by atoms with E-state index in [0.717, 1.165) is 33.4 Å². The molecule has 258 valence electrons. The fourth-order valence-electron chi connectivity index (χ4n) is 6.54. The van der Waals surface area contributed by atoms with Gasteiger partial charge in [-0.2, -0.15) is 40.7 Å². The van der Waals surface area contributed by atoms with E-state index in [9.17, 15) is 9.59 Å². The Morgan fingerprint density at radius 2 is 1.00 bits per heavy atom. The van der Waals surface area contributed by atoms with Gasteiger partial charge in [0, 0.05) is 5.92 Å². The van der Waals surface area contributed by atoms with Crippen molar-refractivity contribution >= 4 is 46.0 Å². The molecular formula is C42H38N8O2. The summed E-state index contributed by atoms with van der Waals surface area (Å²) >= 11 is 0. The van der Waals surface area contributed by atoms with Crippen LogP contribution in [0.2, 0.25) is 0 Å². The lowest BCUT2D eigenvalue weighted by Crippen LogP contribution is -2.29. The standard InChI is InChI=1S/C42H38N8O2/c1-26-25-37(44-46-40-30(5)48-50(42(40)52)34-19-13-8-14-20-34)28(3)24-35(26)38(31-15-9-6-10-16-31)32-21-22-36(27(2)23-32)43-45-39-29(4)47-49(41(39)51)33-17-11-7-12-18-33/h6-25,38-40H,1-5H3/t38-,39-,40-/m0/s1. The number of nitrogens with zero attached hydrogens (tertiary/aromatic N) is 8. The highest BCUT2D eigenvalue weighted by molar-refractivity contribution is 6.18. The molecule has 2 aliphatic rings. The Hall–Kier alpha value is -6.42. The number of amides is 2. The van der Waals surface area contributed by atoms with Crippen molar-refractivity contribution in [3.63, 3.8) is 0 Å². The molecule has 0 bridgehead atoms. The first-order valence-corrected chi connectivity index (χ1v) is 17.2. The summed E-state index contributed by atoms with van der Waals surface area (Å²) in [6.45, 7) is 9.68. The predicted molar refractivity (Wildman–Crippen MR) is 205 cm³/mol. The molecule has 52 heavy (non-hydrogen) atoms. The molecule has 2 aliphatic heterocycles. The maximum absolute atomic E-state index is 13.2. The van der Waals surface area contributed by atoms with E-state index in [1.807, 2.05) is 105 Å². The van der Waals surface area contributed by atoms with Crippen LogP contribution in [0.15, 0.2) is 152 Å². The molecule has 10 nitrogen and oxygen atoms in total. The summed E-state index contributed by atoms with van der Waals surface area (Å²) < 4.78 is 0. The fourth-order valence-corrected chi connectivity index (χ4v) is 6.54. The van der Waals surface area contributed by atoms with Gasteiger partial charge in [-0.25, -0.2) is 0 Å². The minimum atomic E-state index is -0.777. The molecule has 0 fully saturated rings. The van der Waals surface area contributed by atoms with E-state index >= 15 is 0 Å². The summed E-state index contributed by atoms with van der Waals surface area (Å²) in [4.78, 5) is 26.4. The Morgan fingerprint density at radius 3 is 1.52 bits per heavy atom. The molecule has 7 rings (SSSR count). The van der Waals surface area contributed by atoms with Crippen LogP contribution in [-0.4, -0.2) is 35.3 Å². The normalized spacial score (nSPS) is 18.1. The van der Waals surface area contributed by atoms with Crippen molar-refractivity contribution in [3.05, 3.63) is 155 Å². The first-order valence-electron chi connectivity index (χ1n) is 17.2. The second-order valence-corrected chi connectivity index (χ2v) is 13.1. The van der Waals surface area contributed by atoms with Gasteiger partial charge < -0.3 is 0 Å². The zero-order valence-corrected chi connectivity index (χ0v) is 29.7. The Balaban J connectivity index is 1.14. The van der Waals surface area contributed by atoms with E-state index < -0.39 is 12.1 Å². The maximum Gasteiger partial charge on any atom is 0.280 e. The van der Waals surface area contributed by atoms with Crippen molar-refractivity contribution in [3.8, 4) is 0 Å². The van der Waals surface area contributed by atoms with Crippen LogP contribution in [0, 0.1) is 20.8 Å². The number of carbonyl (C=O) groups is 2. The number of hydrogen-bond donors (Lipinski definition) is 0. The topological polar surface area (TPSA) is 115 Å². The first-order chi connectivity index (χ1) is 25.2. The molecule has 0 saturated heterocycles. The summed E-state index contributed by atoms with van der Waals surface area (Å²) in [6.07, 6.45) is 0. The Bertz CT molecular complexity index is 2270. The fraction of sp³-hybridized carbons (Fsp3) is 0.190. The lowest BCUT2D eigenvalue weighted by molar-refractivity contribution is -0.118. The molecular weight excluding hydrogens is 649 g/mol. The number of hydrazone groups is 2. The summed E-state index contributed by atoms with van der Waals surface area (Å²) in [5.74, 6) is -0.536. The number of aryl methyl sites for hydroxylation is 3. The van der Waals surface area contributed by atoms with Crippen molar-refractivity contribution in [1.82, 2.24) is 0 Å². The zero-order chi connectivity index (χ0) is 36.4. The van der Waals surface area contributed by atoms with Crippen molar-refractivity contribution in [2.24, 2.45) is 30.7 Å². The van der Waals surface area contributed by atoms with Gasteiger partial charge in [-0.1, -0.05) is 84.9 Å². The summed E-state index contributed by atoms with van der Waals surface area (Å²) in [7, 11) is 0. The van der Waals surface area contributed by atoms with Crippen LogP contribution in [-0.2, 0) is 9.59 Å². The highest BCUT2D eigenvalue weighted by atomic mass is 16.2. The zero-order valence-electron chi connectivity index (χ0n) is 29.7. The molecule has 2 amide bonds.